The van der Waals surface area contributed by atoms with Crippen LogP contribution in [0.25, 0.3) is 11.1 Å². The predicted octanol–water partition coefficient (Wildman–Crippen LogP) is 5.73. The van der Waals surface area contributed by atoms with Crippen molar-refractivity contribution in [3.05, 3.63) is 89.5 Å². The van der Waals surface area contributed by atoms with Crippen LogP contribution in [-0.2, 0) is 25.5 Å². The second-order valence-electron chi connectivity index (χ2n) is 9.40. The maximum atomic E-state index is 14.5. The lowest BCUT2D eigenvalue weighted by Gasteiger charge is -2.26. The third-order valence-corrected chi connectivity index (χ3v) is 5.42. The number of ether oxygens (including phenoxy) is 2. The predicted molar refractivity (Wildman–Crippen MR) is 136 cm³/mol. The van der Waals surface area contributed by atoms with Gasteiger partial charge in [-0.15, -0.1) is 0 Å². The van der Waals surface area contributed by atoms with Gasteiger partial charge in [0.1, 0.15) is 29.3 Å². The molecule has 3 rings (SSSR count). The van der Waals surface area contributed by atoms with E-state index < -0.39 is 41.2 Å². The highest BCUT2D eigenvalue weighted by atomic mass is 19.1. The van der Waals surface area contributed by atoms with E-state index in [0.717, 1.165) is 34.2 Å². The van der Waals surface area contributed by atoms with Crippen LogP contribution >= 0.6 is 0 Å². The number of esters is 2. The number of anilines is 1. The molecule has 0 spiro atoms. The van der Waals surface area contributed by atoms with Crippen LogP contribution in [0.15, 0.2) is 66.7 Å². The summed E-state index contributed by atoms with van der Waals surface area (Å²) in [6.45, 7) is 4.51. The Hall–Kier alpha value is -4.07. The quantitative estimate of drug-likeness (QED) is 0.363. The highest BCUT2D eigenvalue weighted by Crippen LogP contribution is 2.28. The molecule has 0 fully saturated rings. The molecule has 8 heteroatoms. The van der Waals surface area contributed by atoms with Gasteiger partial charge in [0, 0.05) is 12.1 Å². The van der Waals surface area contributed by atoms with Gasteiger partial charge in [-0.3, -0.25) is 19.3 Å². The fourth-order valence-electron chi connectivity index (χ4n) is 3.69. The maximum Gasteiger partial charge on any atom is 0.326 e. The smallest absolute Gasteiger partial charge is 0.326 e. The molecule has 0 radical (unpaired) electrons. The normalized spacial score (nSPS) is 11.1. The summed E-state index contributed by atoms with van der Waals surface area (Å²) in [4.78, 5) is 38.4. The molecule has 0 unspecified atom stereocenters. The molecule has 3 aromatic carbocycles. The van der Waals surface area contributed by atoms with Crippen LogP contribution in [0.4, 0.5) is 14.5 Å². The monoisotopic (exact) mass is 509 g/mol. The molecule has 0 aliphatic heterocycles. The van der Waals surface area contributed by atoms with E-state index in [2.05, 4.69) is 4.74 Å². The molecule has 37 heavy (non-hydrogen) atoms. The Morgan fingerprint density at radius 3 is 2.05 bits per heavy atom. The van der Waals surface area contributed by atoms with Gasteiger partial charge in [-0.25, -0.2) is 8.78 Å². The number of nitrogens with zero attached hydrogens (tertiary/aromatic N) is 1. The van der Waals surface area contributed by atoms with E-state index in [9.17, 15) is 23.2 Å². The number of hydrogen-bond donors (Lipinski definition) is 0. The van der Waals surface area contributed by atoms with Crippen molar-refractivity contribution < 1.29 is 32.6 Å². The number of benzene rings is 3. The van der Waals surface area contributed by atoms with Crippen LogP contribution in [-0.4, -0.2) is 37.1 Å². The van der Waals surface area contributed by atoms with Gasteiger partial charge in [0.15, 0.2) is 0 Å². The number of methoxy groups -OCH3 is 1. The van der Waals surface area contributed by atoms with Crippen LogP contribution in [0.5, 0.6) is 0 Å². The summed E-state index contributed by atoms with van der Waals surface area (Å²) in [5.41, 5.74) is 1.17. The maximum absolute atomic E-state index is 14.5. The van der Waals surface area contributed by atoms with Gasteiger partial charge >= 0.3 is 11.9 Å². The molecule has 0 aliphatic rings. The molecule has 0 heterocycles. The summed E-state index contributed by atoms with van der Waals surface area (Å²) in [6, 6.07) is 17.3. The van der Waals surface area contributed by atoms with Crippen LogP contribution in [0.2, 0.25) is 0 Å². The van der Waals surface area contributed by atoms with Crippen molar-refractivity contribution in [2.75, 3.05) is 18.6 Å². The minimum atomic E-state index is -1.03. The van der Waals surface area contributed by atoms with Crippen LogP contribution in [0, 0.1) is 11.6 Å². The summed E-state index contributed by atoms with van der Waals surface area (Å²) in [6.07, 6.45) is 0.791. The van der Waals surface area contributed by atoms with Gasteiger partial charge in [-0.1, -0.05) is 42.5 Å². The van der Waals surface area contributed by atoms with Gasteiger partial charge in [-0.05, 0) is 68.1 Å². The Labute approximate surface area is 214 Å². The van der Waals surface area contributed by atoms with E-state index in [1.165, 1.54) is 7.11 Å². The number of hydrogen-bond acceptors (Lipinski definition) is 5. The van der Waals surface area contributed by atoms with Crippen molar-refractivity contribution >= 4 is 23.5 Å². The standard InChI is InChI=1S/C29H29F2NO5/c1-29(2,3)37-26(34)18-32(28(35)27-23(30)9-6-10-24(27)31)22-8-5-7-21(17-22)20-14-11-19(12-15-20)13-16-25(33)36-4/h5-12,14-15,17H,13,16,18H2,1-4H3. The molecule has 6 nitrogen and oxygen atoms in total. The summed E-state index contributed by atoms with van der Waals surface area (Å²) >= 11 is 0. The van der Waals surface area contributed by atoms with E-state index in [1.54, 1.807) is 39.0 Å². The van der Waals surface area contributed by atoms with Crippen LogP contribution in [0.1, 0.15) is 43.1 Å². The van der Waals surface area contributed by atoms with E-state index in [1.807, 2.05) is 30.3 Å². The second kappa shape index (κ2) is 11.8. The number of amides is 1. The number of rotatable bonds is 8. The van der Waals surface area contributed by atoms with Crippen molar-refractivity contribution in [2.45, 2.75) is 39.2 Å². The van der Waals surface area contributed by atoms with Gasteiger partial charge in [0.2, 0.25) is 0 Å². The first-order chi connectivity index (χ1) is 17.5. The number of halogens is 2. The SMILES string of the molecule is COC(=O)CCc1ccc(-c2cccc(N(CC(=O)OC(C)(C)C)C(=O)c3c(F)cccc3F)c2)cc1. The molecule has 0 bridgehead atoms. The summed E-state index contributed by atoms with van der Waals surface area (Å²) in [5.74, 6) is -4.08. The summed E-state index contributed by atoms with van der Waals surface area (Å²) < 4.78 is 39.0. The molecule has 0 aromatic heterocycles. The zero-order valence-corrected chi connectivity index (χ0v) is 21.2. The highest BCUT2D eigenvalue weighted by Gasteiger charge is 2.28. The van der Waals surface area contributed by atoms with Gasteiger partial charge in [-0.2, -0.15) is 0 Å². The van der Waals surface area contributed by atoms with E-state index >= 15 is 0 Å². The number of aryl methyl sites for hydroxylation is 1. The van der Waals surface area contributed by atoms with Crippen LogP contribution in [0.3, 0.4) is 0 Å². The molecule has 194 valence electrons. The fourth-order valence-corrected chi connectivity index (χ4v) is 3.69. The van der Waals surface area contributed by atoms with Crippen molar-refractivity contribution in [3.8, 4) is 11.1 Å². The van der Waals surface area contributed by atoms with E-state index in [4.69, 9.17) is 4.74 Å². The molecular weight excluding hydrogens is 480 g/mol. The average Bonchev–Trinajstić information content (AvgIpc) is 2.85. The first kappa shape index (κ1) is 27.5. The third-order valence-electron chi connectivity index (χ3n) is 5.42. The lowest BCUT2D eigenvalue weighted by Crippen LogP contribution is -2.39. The van der Waals surface area contributed by atoms with Crippen molar-refractivity contribution in [1.29, 1.82) is 0 Å². The molecule has 0 saturated carbocycles. The topological polar surface area (TPSA) is 72.9 Å². The highest BCUT2D eigenvalue weighted by molar-refractivity contribution is 6.09. The molecule has 0 atom stereocenters. The van der Waals surface area contributed by atoms with Gasteiger partial charge in [0.05, 0.1) is 7.11 Å². The minimum Gasteiger partial charge on any atom is -0.469 e. The van der Waals surface area contributed by atoms with E-state index in [0.29, 0.717) is 12.0 Å². The molecule has 0 N–H and O–H groups in total. The van der Waals surface area contributed by atoms with Gasteiger partial charge < -0.3 is 9.47 Å². The molecule has 0 aliphatic carbocycles. The Kier molecular flexibility index (Phi) is 8.76. The first-order valence-electron chi connectivity index (χ1n) is 11.7. The number of carbonyl (C=O) groups is 3. The minimum absolute atomic E-state index is 0.264. The average molecular weight is 510 g/mol. The first-order valence-corrected chi connectivity index (χ1v) is 11.7. The third kappa shape index (κ3) is 7.46. The summed E-state index contributed by atoms with van der Waals surface area (Å²) in [7, 11) is 1.34. The Morgan fingerprint density at radius 1 is 0.838 bits per heavy atom. The Morgan fingerprint density at radius 2 is 1.46 bits per heavy atom. The molecule has 3 aromatic rings. The van der Waals surface area contributed by atoms with E-state index in [-0.39, 0.29) is 18.1 Å². The molecular formula is C29H29F2NO5. The van der Waals surface area contributed by atoms with Crippen LogP contribution < -0.4 is 4.90 Å². The largest absolute Gasteiger partial charge is 0.469 e. The Balaban J connectivity index is 1.94. The summed E-state index contributed by atoms with van der Waals surface area (Å²) in [5, 5.41) is 0. The fraction of sp³-hybridized carbons (Fsp3) is 0.276. The Bertz CT molecular complexity index is 1260. The lowest BCUT2D eigenvalue weighted by atomic mass is 10.0. The second-order valence-corrected chi connectivity index (χ2v) is 9.40. The van der Waals surface area contributed by atoms with Gasteiger partial charge in [0.25, 0.3) is 5.91 Å². The molecule has 1 amide bonds. The zero-order valence-electron chi connectivity index (χ0n) is 21.2. The van der Waals surface area contributed by atoms with Crippen molar-refractivity contribution in [2.24, 2.45) is 0 Å². The van der Waals surface area contributed by atoms with Crippen molar-refractivity contribution in [3.63, 3.8) is 0 Å². The lowest BCUT2D eigenvalue weighted by molar-refractivity contribution is -0.153. The zero-order chi connectivity index (χ0) is 27.2. The van der Waals surface area contributed by atoms with Crippen molar-refractivity contribution in [1.82, 2.24) is 0 Å². The number of carbonyl (C=O) groups excluding carboxylic acids is 3. The molecule has 0 saturated heterocycles.